The van der Waals surface area contributed by atoms with Gasteiger partial charge in [-0.3, -0.25) is 0 Å². The number of benzene rings is 2. The molecule has 0 heterocycles. The maximum Gasteiger partial charge on any atom is 0.146 e. The Labute approximate surface area is 115 Å². The van der Waals surface area contributed by atoms with E-state index in [-0.39, 0.29) is 11.4 Å². The quantitative estimate of drug-likeness (QED) is 0.865. The summed E-state index contributed by atoms with van der Waals surface area (Å²) in [5, 5.41) is 8.87. The van der Waals surface area contributed by atoms with Crippen LogP contribution in [0.5, 0.6) is 11.5 Å². The zero-order chi connectivity index (χ0) is 13.8. The number of rotatable bonds is 3. The van der Waals surface area contributed by atoms with Crippen molar-refractivity contribution in [3.05, 3.63) is 52.8 Å². The Morgan fingerprint density at radius 2 is 2.05 bits per heavy atom. The van der Waals surface area contributed by atoms with Gasteiger partial charge in [-0.05, 0) is 42.0 Å². The van der Waals surface area contributed by atoms with Crippen molar-refractivity contribution in [2.24, 2.45) is 0 Å². The first-order valence-corrected chi connectivity index (χ1v) is 5.86. The number of hydrogen-bond acceptors (Lipinski definition) is 3. The summed E-state index contributed by atoms with van der Waals surface area (Å²) in [5.74, 6) is 0.406. The van der Waals surface area contributed by atoms with Crippen LogP contribution in [0.3, 0.4) is 0 Å². The van der Waals surface area contributed by atoms with E-state index < -0.39 is 5.82 Å². The van der Waals surface area contributed by atoms with Crippen LogP contribution in [0.25, 0.3) is 0 Å². The molecule has 2 aromatic rings. The number of anilines is 1. The maximum atomic E-state index is 12.9. The molecule has 0 saturated heterocycles. The molecular formula is C14H10ClFN2O. The van der Waals surface area contributed by atoms with Crippen LogP contribution in [-0.2, 0) is 6.42 Å². The van der Waals surface area contributed by atoms with Crippen LogP contribution in [0.15, 0.2) is 36.4 Å². The van der Waals surface area contributed by atoms with E-state index in [2.05, 4.69) is 0 Å². The Balaban J connectivity index is 2.28. The van der Waals surface area contributed by atoms with Gasteiger partial charge in [-0.1, -0.05) is 11.6 Å². The first kappa shape index (κ1) is 13.2. The number of nitriles is 1. The zero-order valence-corrected chi connectivity index (χ0v) is 10.6. The lowest BCUT2D eigenvalue weighted by atomic mass is 10.1. The largest absolute Gasteiger partial charge is 0.456 e. The number of halogens is 2. The van der Waals surface area contributed by atoms with Gasteiger partial charge in [-0.15, -0.1) is 0 Å². The van der Waals surface area contributed by atoms with E-state index in [4.69, 9.17) is 27.3 Å². The molecule has 96 valence electrons. The third kappa shape index (κ3) is 3.15. The fourth-order valence-electron chi connectivity index (χ4n) is 1.57. The van der Waals surface area contributed by atoms with Gasteiger partial charge in [-0.25, -0.2) is 4.39 Å². The van der Waals surface area contributed by atoms with Crippen molar-refractivity contribution in [1.29, 1.82) is 5.26 Å². The van der Waals surface area contributed by atoms with Gasteiger partial charge in [0, 0.05) is 5.69 Å². The smallest absolute Gasteiger partial charge is 0.146 e. The van der Waals surface area contributed by atoms with E-state index >= 15 is 0 Å². The number of ether oxygens (including phenoxy) is 1. The molecule has 0 fully saturated rings. The summed E-state index contributed by atoms with van der Waals surface area (Å²) in [6.45, 7) is 0. The highest BCUT2D eigenvalue weighted by molar-refractivity contribution is 6.32. The van der Waals surface area contributed by atoms with E-state index in [1.807, 2.05) is 6.07 Å². The summed E-state index contributed by atoms with van der Waals surface area (Å²) >= 11 is 5.87. The van der Waals surface area contributed by atoms with E-state index in [1.165, 1.54) is 18.2 Å². The van der Waals surface area contributed by atoms with Gasteiger partial charge in [0.2, 0.25) is 0 Å². The van der Waals surface area contributed by atoms with Gasteiger partial charge in [0.1, 0.15) is 17.3 Å². The highest BCUT2D eigenvalue weighted by atomic mass is 35.5. The van der Waals surface area contributed by atoms with Crippen molar-refractivity contribution in [3.63, 3.8) is 0 Å². The van der Waals surface area contributed by atoms with Gasteiger partial charge in [-0.2, -0.15) is 5.26 Å². The third-order valence-corrected chi connectivity index (χ3v) is 2.80. The van der Waals surface area contributed by atoms with Crippen molar-refractivity contribution < 1.29 is 9.13 Å². The Morgan fingerprint density at radius 1 is 1.26 bits per heavy atom. The highest BCUT2D eigenvalue weighted by Gasteiger charge is 2.06. The van der Waals surface area contributed by atoms with Gasteiger partial charge < -0.3 is 10.5 Å². The molecule has 0 aliphatic carbocycles. The fourth-order valence-corrected chi connectivity index (χ4v) is 1.77. The van der Waals surface area contributed by atoms with Crippen LogP contribution in [0, 0.1) is 17.1 Å². The minimum absolute atomic E-state index is 0.179. The molecular weight excluding hydrogens is 267 g/mol. The number of nitrogen functional groups attached to an aromatic ring is 1. The molecule has 0 unspecified atom stereocenters. The number of nitrogens with zero attached hydrogens (tertiary/aromatic N) is 1. The molecule has 2 rings (SSSR count). The molecule has 0 aliphatic heterocycles. The molecule has 0 bridgehead atoms. The summed E-state index contributed by atoms with van der Waals surface area (Å²) in [5.41, 5.74) is 6.94. The van der Waals surface area contributed by atoms with Gasteiger partial charge in [0.05, 0.1) is 17.5 Å². The van der Waals surface area contributed by atoms with Crippen LogP contribution in [0.2, 0.25) is 5.02 Å². The summed E-state index contributed by atoms with van der Waals surface area (Å²) in [6.07, 6.45) is 0.195. The molecule has 0 aromatic heterocycles. The second-order valence-corrected chi connectivity index (χ2v) is 4.28. The standard InChI is InChI=1S/C14H10ClFN2O/c15-12-8-10(16)1-4-14(12)19-11-2-3-13(18)9(7-11)5-6-17/h1-4,7-8H,5,18H2. The summed E-state index contributed by atoms with van der Waals surface area (Å²) in [4.78, 5) is 0. The topological polar surface area (TPSA) is 59.0 Å². The molecule has 0 atom stereocenters. The average Bonchev–Trinajstić information content (AvgIpc) is 2.37. The monoisotopic (exact) mass is 276 g/mol. The second kappa shape index (κ2) is 5.59. The second-order valence-electron chi connectivity index (χ2n) is 3.87. The van der Waals surface area contributed by atoms with Crippen LogP contribution < -0.4 is 10.5 Å². The lowest BCUT2D eigenvalue weighted by molar-refractivity contribution is 0.480. The fraction of sp³-hybridized carbons (Fsp3) is 0.0714. The van der Waals surface area contributed by atoms with Crippen molar-refractivity contribution in [3.8, 4) is 17.6 Å². The minimum atomic E-state index is -0.431. The third-order valence-electron chi connectivity index (χ3n) is 2.51. The molecule has 2 N–H and O–H groups in total. The molecule has 0 amide bonds. The predicted molar refractivity (Wildman–Crippen MR) is 71.7 cm³/mol. The normalized spacial score (nSPS) is 9.95. The van der Waals surface area contributed by atoms with Crippen molar-refractivity contribution >= 4 is 17.3 Å². The van der Waals surface area contributed by atoms with Crippen LogP contribution in [0.4, 0.5) is 10.1 Å². The molecule has 0 aliphatic rings. The number of hydrogen-bond donors (Lipinski definition) is 1. The Hall–Kier alpha value is -2.25. The maximum absolute atomic E-state index is 12.9. The Kier molecular flexibility index (Phi) is 3.88. The average molecular weight is 277 g/mol. The summed E-state index contributed by atoms with van der Waals surface area (Å²) < 4.78 is 18.5. The first-order chi connectivity index (χ1) is 9.10. The zero-order valence-electron chi connectivity index (χ0n) is 9.86. The molecule has 19 heavy (non-hydrogen) atoms. The van der Waals surface area contributed by atoms with Crippen LogP contribution in [-0.4, -0.2) is 0 Å². The Bertz CT molecular complexity index is 652. The lowest BCUT2D eigenvalue weighted by Crippen LogP contribution is -1.94. The van der Waals surface area contributed by atoms with E-state index in [0.29, 0.717) is 22.7 Å². The predicted octanol–water partition coefficient (Wildman–Crippen LogP) is 3.92. The van der Waals surface area contributed by atoms with Gasteiger partial charge in [0.15, 0.2) is 0 Å². The SMILES string of the molecule is N#CCc1cc(Oc2ccc(F)cc2Cl)ccc1N. The van der Waals surface area contributed by atoms with Crippen molar-refractivity contribution in [2.45, 2.75) is 6.42 Å². The van der Waals surface area contributed by atoms with E-state index in [9.17, 15) is 4.39 Å². The number of nitrogens with two attached hydrogens (primary N) is 1. The Morgan fingerprint density at radius 3 is 2.74 bits per heavy atom. The lowest BCUT2D eigenvalue weighted by Gasteiger charge is -2.09. The first-order valence-electron chi connectivity index (χ1n) is 5.48. The van der Waals surface area contributed by atoms with E-state index in [1.54, 1.807) is 18.2 Å². The van der Waals surface area contributed by atoms with Gasteiger partial charge >= 0.3 is 0 Å². The van der Waals surface area contributed by atoms with Crippen LogP contribution in [0.1, 0.15) is 5.56 Å². The van der Waals surface area contributed by atoms with Crippen LogP contribution >= 0.6 is 11.6 Å². The van der Waals surface area contributed by atoms with Crippen molar-refractivity contribution in [2.75, 3.05) is 5.73 Å². The summed E-state index contributed by atoms with van der Waals surface area (Å²) in [7, 11) is 0. The van der Waals surface area contributed by atoms with Gasteiger partial charge in [0.25, 0.3) is 0 Å². The molecule has 3 nitrogen and oxygen atoms in total. The molecule has 5 heteroatoms. The molecule has 2 aromatic carbocycles. The summed E-state index contributed by atoms with van der Waals surface area (Å²) in [6, 6.07) is 10.9. The molecule has 0 saturated carbocycles. The molecule has 0 radical (unpaired) electrons. The molecule has 0 spiro atoms. The van der Waals surface area contributed by atoms with Crippen molar-refractivity contribution in [1.82, 2.24) is 0 Å². The highest BCUT2D eigenvalue weighted by Crippen LogP contribution is 2.31. The van der Waals surface area contributed by atoms with E-state index in [0.717, 1.165) is 0 Å². The minimum Gasteiger partial charge on any atom is -0.456 e.